The summed E-state index contributed by atoms with van der Waals surface area (Å²) in [5, 5.41) is 4.01. The fraction of sp³-hybridized carbons (Fsp3) is 0.429. The molecule has 1 aromatic carbocycles. The minimum absolute atomic E-state index is 0.150. The van der Waals surface area contributed by atoms with Gasteiger partial charge in [-0.1, -0.05) is 24.9 Å². The first-order valence-corrected chi connectivity index (χ1v) is 10.5. The summed E-state index contributed by atoms with van der Waals surface area (Å²) in [7, 11) is 1.36. The second kappa shape index (κ2) is 8.97. The van der Waals surface area contributed by atoms with Crippen LogP contribution in [0.1, 0.15) is 46.1 Å². The van der Waals surface area contributed by atoms with E-state index in [0.717, 1.165) is 36.8 Å². The van der Waals surface area contributed by atoms with Crippen molar-refractivity contribution in [3.63, 3.8) is 0 Å². The molecule has 1 aliphatic carbocycles. The van der Waals surface area contributed by atoms with E-state index >= 15 is 0 Å². The molecule has 1 amide bonds. The molecule has 150 valence electrons. The van der Waals surface area contributed by atoms with E-state index in [1.54, 1.807) is 18.2 Å². The maximum atomic E-state index is 12.5. The molecule has 7 heteroatoms. The van der Waals surface area contributed by atoms with Gasteiger partial charge >= 0.3 is 5.97 Å². The molecule has 0 fully saturated rings. The first-order valence-electron chi connectivity index (χ1n) is 9.34. The van der Waals surface area contributed by atoms with Gasteiger partial charge in [0.1, 0.15) is 10.8 Å². The third-order valence-electron chi connectivity index (χ3n) is 5.08. The lowest BCUT2D eigenvalue weighted by Gasteiger charge is -2.20. The van der Waals surface area contributed by atoms with Crippen LogP contribution in [0.4, 0.5) is 5.00 Å². The summed E-state index contributed by atoms with van der Waals surface area (Å²) >= 11 is 7.42. The number of hydrogen-bond donors (Lipinski definition) is 1. The normalized spacial score (nSPS) is 15.6. The lowest BCUT2D eigenvalue weighted by molar-refractivity contribution is -0.118. The molecular formula is C21H24ClNO4S. The van der Waals surface area contributed by atoms with E-state index in [1.165, 1.54) is 23.3 Å². The number of methoxy groups -OCH3 is 1. The molecule has 28 heavy (non-hydrogen) atoms. The average Bonchev–Trinajstić information content (AvgIpc) is 3.03. The Morgan fingerprint density at radius 1 is 1.36 bits per heavy atom. The Balaban J connectivity index is 1.74. The predicted molar refractivity (Wildman–Crippen MR) is 112 cm³/mol. The van der Waals surface area contributed by atoms with Gasteiger partial charge in [-0.15, -0.1) is 11.3 Å². The summed E-state index contributed by atoms with van der Waals surface area (Å²) in [6.07, 6.45) is 3.94. The number of esters is 1. The van der Waals surface area contributed by atoms with Crippen molar-refractivity contribution < 1.29 is 19.1 Å². The van der Waals surface area contributed by atoms with Gasteiger partial charge in [0.05, 0.1) is 12.7 Å². The minimum Gasteiger partial charge on any atom is -0.483 e. The average molecular weight is 422 g/mol. The van der Waals surface area contributed by atoms with Crippen LogP contribution in [0.2, 0.25) is 5.02 Å². The molecule has 5 nitrogen and oxygen atoms in total. The second-order valence-electron chi connectivity index (χ2n) is 6.96. The Bertz CT molecular complexity index is 893. The minimum atomic E-state index is -0.405. The fourth-order valence-corrected chi connectivity index (χ4v) is 5.08. The Kier molecular flexibility index (Phi) is 6.62. The Hall–Kier alpha value is -2.05. The van der Waals surface area contributed by atoms with Crippen molar-refractivity contribution in [2.24, 2.45) is 5.92 Å². The fourth-order valence-electron chi connectivity index (χ4n) is 3.49. The first kappa shape index (κ1) is 20.7. The van der Waals surface area contributed by atoms with E-state index in [-0.39, 0.29) is 12.5 Å². The standard InChI is InChI=1S/C21H24ClNO4S/c1-4-13-5-7-15-17(10-13)28-20(19(15)21(25)26-3)23-18(24)11-27-16-8-6-14(22)9-12(16)2/h6,8-9,13H,4-5,7,10-11H2,1-3H3,(H,23,24). The number of benzene rings is 1. The highest BCUT2D eigenvalue weighted by atomic mass is 35.5. The van der Waals surface area contributed by atoms with Crippen LogP contribution in [0.5, 0.6) is 5.75 Å². The second-order valence-corrected chi connectivity index (χ2v) is 8.50. The van der Waals surface area contributed by atoms with Crippen molar-refractivity contribution in [2.45, 2.75) is 39.5 Å². The van der Waals surface area contributed by atoms with Gasteiger partial charge in [0.25, 0.3) is 5.91 Å². The number of carbonyl (C=O) groups is 2. The summed E-state index contributed by atoms with van der Waals surface area (Å²) < 4.78 is 10.6. The van der Waals surface area contributed by atoms with E-state index in [0.29, 0.717) is 27.3 Å². The molecule has 1 aromatic heterocycles. The molecule has 0 bridgehead atoms. The van der Waals surface area contributed by atoms with Crippen molar-refractivity contribution in [3.8, 4) is 5.75 Å². The molecule has 1 N–H and O–H groups in total. The van der Waals surface area contributed by atoms with Crippen LogP contribution < -0.4 is 10.1 Å². The Labute approximate surface area is 174 Å². The van der Waals surface area contributed by atoms with Crippen molar-refractivity contribution in [1.82, 2.24) is 0 Å². The lowest BCUT2D eigenvalue weighted by Crippen LogP contribution is -2.21. The third kappa shape index (κ3) is 4.50. The Morgan fingerprint density at radius 3 is 2.82 bits per heavy atom. The zero-order chi connectivity index (χ0) is 20.3. The van der Waals surface area contributed by atoms with Crippen LogP contribution in [0.3, 0.4) is 0 Å². The monoisotopic (exact) mass is 421 g/mol. The number of anilines is 1. The maximum absolute atomic E-state index is 12.5. The zero-order valence-electron chi connectivity index (χ0n) is 16.3. The van der Waals surface area contributed by atoms with Gasteiger partial charge in [-0.3, -0.25) is 4.79 Å². The molecule has 1 atom stereocenters. The van der Waals surface area contributed by atoms with Crippen LogP contribution in [-0.2, 0) is 22.4 Å². The quantitative estimate of drug-likeness (QED) is 0.664. The van der Waals surface area contributed by atoms with Gasteiger partial charge in [0.15, 0.2) is 6.61 Å². The number of hydrogen-bond acceptors (Lipinski definition) is 5. The van der Waals surface area contributed by atoms with Gasteiger partial charge < -0.3 is 14.8 Å². The molecule has 1 aliphatic rings. The molecule has 1 heterocycles. The molecular weight excluding hydrogens is 398 g/mol. The Morgan fingerprint density at radius 2 is 2.14 bits per heavy atom. The van der Waals surface area contributed by atoms with Gasteiger partial charge in [0.2, 0.25) is 0 Å². The molecule has 0 radical (unpaired) electrons. The van der Waals surface area contributed by atoms with Crippen LogP contribution in [0.15, 0.2) is 18.2 Å². The van der Waals surface area contributed by atoms with E-state index in [9.17, 15) is 9.59 Å². The smallest absolute Gasteiger partial charge is 0.341 e. The number of ether oxygens (including phenoxy) is 2. The van der Waals surface area contributed by atoms with E-state index in [2.05, 4.69) is 12.2 Å². The third-order valence-corrected chi connectivity index (χ3v) is 6.49. The number of aryl methyl sites for hydroxylation is 1. The van der Waals surface area contributed by atoms with Crippen LogP contribution in [0.25, 0.3) is 0 Å². The summed E-state index contributed by atoms with van der Waals surface area (Å²) in [6.45, 7) is 3.90. The van der Waals surface area contributed by atoms with Crippen molar-refractivity contribution >= 4 is 39.8 Å². The molecule has 1 unspecified atom stereocenters. The highest BCUT2D eigenvalue weighted by Gasteiger charge is 2.29. The SMILES string of the molecule is CCC1CCc2c(sc(NC(=O)COc3ccc(Cl)cc3C)c2C(=O)OC)C1. The number of carbonyl (C=O) groups excluding carboxylic acids is 2. The van der Waals surface area contributed by atoms with Gasteiger partial charge in [-0.2, -0.15) is 0 Å². The van der Waals surface area contributed by atoms with E-state index in [1.807, 2.05) is 6.92 Å². The van der Waals surface area contributed by atoms with Crippen molar-refractivity contribution in [3.05, 3.63) is 44.8 Å². The van der Waals surface area contributed by atoms with Gasteiger partial charge in [-0.25, -0.2) is 4.79 Å². The van der Waals surface area contributed by atoms with Crippen molar-refractivity contribution in [2.75, 3.05) is 19.0 Å². The van der Waals surface area contributed by atoms with E-state index < -0.39 is 5.97 Å². The highest BCUT2D eigenvalue weighted by Crippen LogP contribution is 2.40. The predicted octanol–water partition coefficient (Wildman–Crippen LogP) is 5.03. The number of fused-ring (bicyclic) bond motifs is 1. The van der Waals surface area contributed by atoms with Gasteiger partial charge in [-0.05, 0) is 61.4 Å². The van der Waals surface area contributed by atoms with E-state index in [4.69, 9.17) is 21.1 Å². The number of halogens is 1. The molecule has 2 aromatic rings. The van der Waals surface area contributed by atoms with Crippen LogP contribution in [0, 0.1) is 12.8 Å². The summed E-state index contributed by atoms with van der Waals surface area (Å²) in [6, 6.07) is 5.23. The van der Waals surface area contributed by atoms with Crippen LogP contribution in [-0.4, -0.2) is 25.6 Å². The molecule has 0 spiro atoms. The topological polar surface area (TPSA) is 64.6 Å². The summed E-state index contributed by atoms with van der Waals surface area (Å²) in [5.74, 6) is 0.503. The molecule has 0 aliphatic heterocycles. The number of amides is 1. The maximum Gasteiger partial charge on any atom is 0.341 e. The lowest BCUT2D eigenvalue weighted by atomic mass is 9.86. The first-order chi connectivity index (χ1) is 13.4. The number of nitrogens with one attached hydrogen (secondary N) is 1. The molecule has 0 saturated heterocycles. The van der Waals surface area contributed by atoms with Crippen LogP contribution >= 0.6 is 22.9 Å². The number of rotatable bonds is 6. The zero-order valence-corrected chi connectivity index (χ0v) is 17.8. The van der Waals surface area contributed by atoms with Crippen molar-refractivity contribution in [1.29, 1.82) is 0 Å². The summed E-state index contributed by atoms with van der Waals surface area (Å²) in [5.41, 5.74) is 2.37. The van der Waals surface area contributed by atoms with Gasteiger partial charge in [0, 0.05) is 9.90 Å². The largest absolute Gasteiger partial charge is 0.483 e. The molecule has 3 rings (SSSR count). The molecule has 0 saturated carbocycles. The highest BCUT2D eigenvalue weighted by molar-refractivity contribution is 7.17. The summed E-state index contributed by atoms with van der Waals surface area (Å²) in [4.78, 5) is 26.0. The number of thiophene rings is 1.